The van der Waals surface area contributed by atoms with E-state index in [1.165, 1.54) is 11.3 Å². The molecule has 2 rings (SSSR count). The van der Waals surface area contributed by atoms with E-state index in [0.717, 1.165) is 23.4 Å². The molecule has 1 aromatic heterocycles. The van der Waals surface area contributed by atoms with Gasteiger partial charge in [-0.3, -0.25) is 4.79 Å². The van der Waals surface area contributed by atoms with Crippen molar-refractivity contribution in [2.45, 2.75) is 25.2 Å². The van der Waals surface area contributed by atoms with E-state index >= 15 is 0 Å². The Hall–Kier alpha value is -1.10. The predicted molar refractivity (Wildman–Crippen MR) is 49.8 cm³/mol. The number of carboxylic acids is 1. The lowest BCUT2D eigenvalue weighted by Gasteiger charge is -2.03. The molecule has 0 saturated carbocycles. The number of hydrogen-bond donors (Lipinski definition) is 2. The first-order chi connectivity index (χ1) is 6.16. The van der Waals surface area contributed by atoms with Gasteiger partial charge in [0.25, 0.3) is 0 Å². The molecule has 4 nitrogen and oxygen atoms in total. The number of rotatable bonds is 2. The summed E-state index contributed by atoms with van der Waals surface area (Å²) in [6.07, 6.45) is 1.98. The molecule has 0 saturated heterocycles. The Balaban J connectivity index is 2.22. The third kappa shape index (κ3) is 1.51. The Morgan fingerprint density at radius 2 is 2.54 bits per heavy atom. The minimum Gasteiger partial charge on any atom is -0.481 e. The highest BCUT2D eigenvalue weighted by molar-refractivity contribution is 7.15. The quantitative estimate of drug-likeness (QED) is 0.749. The molecule has 1 atom stereocenters. The van der Waals surface area contributed by atoms with Gasteiger partial charge in [0.15, 0.2) is 5.13 Å². The summed E-state index contributed by atoms with van der Waals surface area (Å²) < 4.78 is 0. The lowest BCUT2D eigenvalue weighted by atomic mass is 10.1. The number of nitrogens with two attached hydrogens (primary N) is 1. The number of aromatic nitrogens is 1. The van der Waals surface area contributed by atoms with E-state index in [1.54, 1.807) is 0 Å². The van der Waals surface area contributed by atoms with E-state index in [1.807, 2.05) is 0 Å². The van der Waals surface area contributed by atoms with Crippen molar-refractivity contribution in [1.29, 1.82) is 0 Å². The van der Waals surface area contributed by atoms with Crippen LogP contribution in [0.2, 0.25) is 0 Å². The summed E-state index contributed by atoms with van der Waals surface area (Å²) in [6, 6.07) is 0. The Morgan fingerprint density at radius 3 is 3.23 bits per heavy atom. The fraction of sp³-hybridized carbons (Fsp3) is 0.500. The zero-order valence-corrected chi connectivity index (χ0v) is 7.80. The number of anilines is 1. The first kappa shape index (κ1) is 8.50. The molecule has 3 N–H and O–H groups in total. The fourth-order valence-corrected chi connectivity index (χ4v) is 2.74. The Kier molecular flexibility index (Phi) is 1.95. The second-order valence-corrected chi connectivity index (χ2v) is 4.26. The van der Waals surface area contributed by atoms with Crippen molar-refractivity contribution in [3.63, 3.8) is 0 Å². The van der Waals surface area contributed by atoms with E-state index < -0.39 is 5.97 Å². The normalized spacial score (nSPS) is 20.2. The van der Waals surface area contributed by atoms with Crippen LogP contribution in [0.25, 0.3) is 0 Å². The van der Waals surface area contributed by atoms with E-state index in [4.69, 9.17) is 10.8 Å². The van der Waals surface area contributed by atoms with Crippen molar-refractivity contribution in [3.8, 4) is 0 Å². The summed E-state index contributed by atoms with van der Waals surface area (Å²) >= 11 is 1.43. The van der Waals surface area contributed by atoms with Crippen molar-refractivity contribution >= 4 is 22.4 Å². The van der Waals surface area contributed by atoms with Gasteiger partial charge >= 0.3 is 5.97 Å². The molecular formula is C8H10N2O2S. The topological polar surface area (TPSA) is 76.2 Å². The molecule has 1 aromatic rings. The lowest BCUT2D eigenvalue weighted by molar-refractivity contribution is -0.137. The van der Waals surface area contributed by atoms with Gasteiger partial charge in [-0.05, 0) is 12.8 Å². The van der Waals surface area contributed by atoms with Gasteiger partial charge in [0, 0.05) is 10.8 Å². The molecule has 1 aliphatic rings. The molecule has 1 aliphatic carbocycles. The van der Waals surface area contributed by atoms with E-state index in [2.05, 4.69) is 4.98 Å². The van der Waals surface area contributed by atoms with Crippen LogP contribution in [0.3, 0.4) is 0 Å². The predicted octanol–water partition coefficient (Wildman–Crippen LogP) is 1.23. The van der Waals surface area contributed by atoms with Gasteiger partial charge in [-0.1, -0.05) is 0 Å². The minimum atomic E-state index is -0.746. The van der Waals surface area contributed by atoms with Crippen LogP contribution in [0, 0.1) is 0 Å². The van der Waals surface area contributed by atoms with Crippen molar-refractivity contribution in [1.82, 2.24) is 4.98 Å². The van der Waals surface area contributed by atoms with Crippen LogP contribution in [0.15, 0.2) is 0 Å². The van der Waals surface area contributed by atoms with Gasteiger partial charge in [0.1, 0.15) is 0 Å². The van der Waals surface area contributed by atoms with E-state index in [9.17, 15) is 4.79 Å². The maximum Gasteiger partial charge on any atom is 0.303 e. The Bertz CT molecular complexity index is 348. The van der Waals surface area contributed by atoms with Crippen LogP contribution >= 0.6 is 11.3 Å². The monoisotopic (exact) mass is 198 g/mol. The molecule has 5 heteroatoms. The van der Waals surface area contributed by atoms with Gasteiger partial charge < -0.3 is 10.8 Å². The molecule has 0 amide bonds. The number of aryl methyl sites for hydroxylation is 1. The molecule has 0 aliphatic heterocycles. The van der Waals surface area contributed by atoms with Gasteiger partial charge in [0.2, 0.25) is 0 Å². The number of carboxylic acid groups (broad SMARTS) is 1. The number of carbonyl (C=O) groups is 1. The Morgan fingerprint density at radius 1 is 1.77 bits per heavy atom. The minimum absolute atomic E-state index is 0.141. The van der Waals surface area contributed by atoms with Crippen LogP contribution < -0.4 is 5.73 Å². The zero-order chi connectivity index (χ0) is 9.42. The highest BCUT2D eigenvalue weighted by atomic mass is 32.1. The highest BCUT2D eigenvalue weighted by Crippen LogP contribution is 2.39. The number of nitrogens with zero attached hydrogens (tertiary/aromatic N) is 1. The van der Waals surface area contributed by atoms with Gasteiger partial charge in [-0.25, -0.2) is 4.98 Å². The number of fused-ring (bicyclic) bond motifs is 1. The van der Waals surface area contributed by atoms with Crippen LogP contribution in [0.4, 0.5) is 5.13 Å². The molecule has 1 heterocycles. The largest absolute Gasteiger partial charge is 0.481 e. The summed E-state index contributed by atoms with van der Waals surface area (Å²) in [7, 11) is 0. The van der Waals surface area contributed by atoms with Crippen molar-refractivity contribution < 1.29 is 9.90 Å². The van der Waals surface area contributed by atoms with Gasteiger partial charge in [0.05, 0.1) is 12.1 Å². The van der Waals surface area contributed by atoms with Crippen molar-refractivity contribution in [2.24, 2.45) is 0 Å². The van der Waals surface area contributed by atoms with Crippen LogP contribution in [0.5, 0.6) is 0 Å². The number of hydrogen-bond acceptors (Lipinski definition) is 4. The van der Waals surface area contributed by atoms with Gasteiger partial charge in [-0.15, -0.1) is 11.3 Å². The zero-order valence-electron chi connectivity index (χ0n) is 6.99. The van der Waals surface area contributed by atoms with Crippen molar-refractivity contribution in [3.05, 3.63) is 10.6 Å². The van der Waals surface area contributed by atoms with Gasteiger partial charge in [-0.2, -0.15) is 0 Å². The SMILES string of the molecule is Nc1nc2c(s1)C(CC(=O)O)CC2. The standard InChI is InChI=1S/C8H10N2O2S/c9-8-10-5-2-1-4(3-6(11)12)7(5)13-8/h4H,1-3H2,(H2,9,10)(H,11,12). The fourth-order valence-electron chi connectivity index (χ4n) is 1.73. The highest BCUT2D eigenvalue weighted by Gasteiger charge is 2.28. The second-order valence-electron chi connectivity index (χ2n) is 3.20. The molecule has 70 valence electrons. The Labute approximate surface area is 79.4 Å². The van der Waals surface area contributed by atoms with Crippen LogP contribution in [0.1, 0.15) is 29.3 Å². The number of aliphatic carboxylic acids is 1. The molecule has 0 fully saturated rings. The molecule has 0 aromatic carbocycles. The van der Waals surface area contributed by atoms with Crippen molar-refractivity contribution in [2.75, 3.05) is 5.73 Å². The van der Waals surface area contributed by atoms with E-state index in [0.29, 0.717) is 5.13 Å². The average molecular weight is 198 g/mol. The maximum absolute atomic E-state index is 10.5. The molecule has 1 unspecified atom stereocenters. The van der Waals surface area contributed by atoms with Crippen LogP contribution in [-0.2, 0) is 11.2 Å². The maximum atomic E-state index is 10.5. The third-order valence-corrected chi connectivity index (χ3v) is 3.35. The second kappa shape index (κ2) is 2.99. The average Bonchev–Trinajstić information content (AvgIpc) is 2.51. The molecule has 0 spiro atoms. The molecule has 0 radical (unpaired) electrons. The summed E-state index contributed by atoms with van der Waals surface area (Å²) in [6.45, 7) is 0. The summed E-state index contributed by atoms with van der Waals surface area (Å²) in [5, 5.41) is 9.21. The summed E-state index contributed by atoms with van der Waals surface area (Å²) in [4.78, 5) is 15.8. The summed E-state index contributed by atoms with van der Waals surface area (Å²) in [5.41, 5.74) is 6.55. The summed E-state index contributed by atoms with van der Waals surface area (Å²) in [5.74, 6) is -0.605. The lowest BCUT2D eigenvalue weighted by Crippen LogP contribution is -2.01. The van der Waals surface area contributed by atoms with Crippen LogP contribution in [-0.4, -0.2) is 16.1 Å². The molecular weight excluding hydrogens is 188 g/mol. The first-order valence-corrected chi connectivity index (χ1v) is 4.95. The number of nitrogen functional groups attached to an aromatic ring is 1. The number of thiazole rings is 1. The third-order valence-electron chi connectivity index (χ3n) is 2.27. The smallest absolute Gasteiger partial charge is 0.303 e. The molecule has 13 heavy (non-hydrogen) atoms. The molecule has 0 bridgehead atoms. The van der Waals surface area contributed by atoms with E-state index in [-0.39, 0.29) is 12.3 Å². The first-order valence-electron chi connectivity index (χ1n) is 4.13.